The number of furan rings is 1. The van der Waals surface area contributed by atoms with E-state index in [9.17, 15) is 0 Å². The number of aromatic nitrogens is 4. The summed E-state index contributed by atoms with van der Waals surface area (Å²) in [6.45, 7) is 10.8. The second-order valence-corrected chi connectivity index (χ2v) is 9.46. The Morgan fingerprint density at radius 3 is 2.50 bits per heavy atom. The summed E-state index contributed by atoms with van der Waals surface area (Å²) in [6, 6.07) is 4.23. The van der Waals surface area contributed by atoms with Crippen LogP contribution in [0.15, 0.2) is 35.1 Å². The fourth-order valence-electron chi connectivity index (χ4n) is 2.95. The molecule has 0 fully saturated rings. The summed E-state index contributed by atoms with van der Waals surface area (Å²) in [7, 11) is 0. The first-order chi connectivity index (χ1) is 12.2. The molecule has 0 saturated carbocycles. The normalized spacial score (nSPS) is 13.0. The van der Waals surface area contributed by atoms with Crippen molar-refractivity contribution in [1.29, 1.82) is 0 Å². The Morgan fingerprint density at radius 2 is 1.77 bits per heavy atom. The van der Waals surface area contributed by atoms with Gasteiger partial charge in [0.2, 0.25) is 0 Å². The number of fused-ring (bicyclic) bond motifs is 2. The number of thiophene rings is 1. The van der Waals surface area contributed by atoms with Crippen molar-refractivity contribution in [1.82, 2.24) is 20.2 Å². The highest BCUT2D eigenvalue weighted by atomic mass is 32.1. The van der Waals surface area contributed by atoms with Gasteiger partial charge < -0.3 is 4.42 Å². The molecule has 134 valence electrons. The van der Waals surface area contributed by atoms with Gasteiger partial charge in [0.1, 0.15) is 17.1 Å². The van der Waals surface area contributed by atoms with Gasteiger partial charge in [0.15, 0.2) is 5.58 Å². The number of rotatable bonds is 3. The molecule has 0 aliphatic carbocycles. The van der Waals surface area contributed by atoms with Crippen molar-refractivity contribution in [3.63, 3.8) is 0 Å². The molecule has 0 spiro atoms. The predicted octanol–water partition coefficient (Wildman–Crippen LogP) is 5.05. The Kier molecular flexibility index (Phi) is 3.84. The summed E-state index contributed by atoms with van der Waals surface area (Å²) in [5.41, 5.74) is 1.50. The van der Waals surface area contributed by atoms with E-state index in [0.29, 0.717) is 0 Å². The van der Waals surface area contributed by atoms with E-state index in [0.717, 1.165) is 39.2 Å². The average molecular weight is 366 g/mol. The zero-order valence-corrected chi connectivity index (χ0v) is 16.5. The first kappa shape index (κ1) is 17.1. The van der Waals surface area contributed by atoms with Gasteiger partial charge in [0.05, 0.1) is 23.3 Å². The molecule has 4 aromatic rings. The van der Waals surface area contributed by atoms with Gasteiger partial charge >= 0.3 is 0 Å². The third kappa shape index (κ3) is 3.09. The number of hydrogen-bond acceptors (Lipinski definition) is 6. The minimum atomic E-state index is -0.0754. The maximum atomic E-state index is 5.91. The molecule has 0 aliphatic heterocycles. The first-order valence-electron chi connectivity index (χ1n) is 8.69. The molecular formula is C20H22N4OS. The van der Waals surface area contributed by atoms with Crippen LogP contribution in [0.2, 0.25) is 0 Å². The molecule has 5 nitrogen and oxygen atoms in total. The molecule has 26 heavy (non-hydrogen) atoms. The van der Waals surface area contributed by atoms with E-state index in [-0.39, 0.29) is 10.8 Å². The highest BCUT2D eigenvalue weighted by Gasteiger charge is 2.26. The van der Waals surface area contributed by atoms with Crippen molar-refractivity contribution < 1.29 is 4.42 Å². The SMILES string of the molecule is CC(C)(C)c1cc2nc(CC(C)(C)c3cc4cnncc4s3)ncc2o1. The van der Waals surface area contributed by atoms with Crippen LogP contribution in [0, 0.1) is 0 Å². The zero-order valence-electron chi connectivity index (χ0n) is 15.7. The van der Waals surface area contributed by atoms with Crippen LogP contribution in [0.1, 0.15) is 51.1 Å². The molecule has 0 amide bonds. The molecular weight excluding hydrogens is 344 g/mol. The number of nitrogens with zero attached hydrogens (tertiary/aromatic N) is 4. The summed E-state index contributed by atoms with van der Waals surface area (Å²) in [5, 5.41) is 9.08. The van der Waals surface area contributed by atoms with E-state index in [4.69, 9.17) is 9.40 Å². The van der Waals surface area contributed by atoms with Gasteiger partial charge in [-0.3, -0.25) is 0 Å². The van der Waals surface area contributed by atoms with Gasteiger partial charge in [-0.1, -0.05) is 34.6 Å². The van der Waals surface area contributed by atoms with Gasteiger partial charge in [-0.25, -0.2) is 9.97 Å². The molecule has 4 rings (SSSR count). The molecule has 0 saturated heterocycles. The molecule has 0 aromatic carbocycles. The third-order valence-corrected chi connectivity index (χ3v) is 6.01. The van der Waals surface area contributed by atoms with Crippen molar-refractivity contribution >= 4 is 32.5 Å². The van der Waals surface area contributed by atoms with Crippen LogP contribution in [-0.4, -0.2) is 20.2 Å². The summed E-state index contributed by atoms with van der Waals surface area (Å²) < 4.78 is 7.06. The Labute approximate surface area is 156 Å². The van der Waals surface area contributed by atoms with Crippen molar-refractivity contribution in [3.8, 4) is 0 Å². The largest absolute Gasteiger partial charge is 0.457 e. The standard InChI is InChI=1S/C20H22N4OS/c1-19(2,3)16-7-13-14(25-16)10-21-18(24-13)8-20(4,5)17-6-12-9-22-23-11-15(12)26-17/h6-7,9-11H,8H2,1-5H3. The fourth-order valence-corrected chi connectivity index (χ4v) is 4.05. The maximum absolute atomic E-state index is 5.91. The molecule has 0 atom stereocenters. The van der Waals surface area contributed by atoms with Crippen LogP contribution in [0.25, 0.3) is 21.2 Å². The average Bonchev–Trinajstić information content (AvgIpc) is 3.18. The molecule has 0 aliphatic rings. The molecule has 4 aromatic heterocycles. The van der Waals surface area contributed by atoms with E-state index in [1.807, 2.05) is 18.5 Å². The quantitative estimate of drug-likeness (QED) is 0.508. The minimum Gasteiger partial charge on any atom is -0.457 e. The summed E-state index contributed by atoms with van der Waals surface area (Å²) >= 11 is 1.76. The van der Waals surface area contributed by atoms with Crippen molar-refractivity contribution in [3.05, 3.63) is 47.2 Å². The maximum Gasteiger partial charge on any atom is 0.171 e. The molecule has 0 unspecified atom stereocenters. The Bertz CT molecular complexity index is 1060. The van der Waals surface area contributed by atoms with Crippen LogP contribution < -0.4 is 0 Å². The van der Waals surface area contributed by atoms with E-state index in [2.05, 4.69) is 55.9 Å². The topological polar surface area (TPSA) is 64.7 Å². The molecule has 4 heterocycles. The first-order valence-corrected chi connectivity index (χ1v) is 9.51. The van der Waals surface area contributed by atoms with Gasteiger partial charge in [-0.05, 0) is 6.07 Å². The van der Waals surface area contributed by atoms with Crippen LogP contribution in [0.5, 0.6) is 0 Å². The monoisotopic (exact) mass is 366 g/mol. The second-order valence-electron chi connectivity index (χ2n) is 8.38. The van der Waals surface area contributed by atoms with Crippen LogP contribution in [0.4, 0.5) is 0 Å². The lowest BCUT2D eigenvalue weighted by molar-refractivity contribution is 0.429. The minimum absolute atomic E-state index is 0.0424. The van der Waals surface area contributed by atoms with Crippen molar-refractivity contribution in [2.75, 3.05) is 0 Å². The molecule has 0 N–H and O–H groups in total. The van der Waals surface area contributed by atoms with Gasteiger partial charge in [-0.15, -0.1) is 11.3 Å². The Morgan fingerprint density at radius 1 is 1.00 bits per heavy atom. The summed E-state index contributed by atoms with van der Waals surface area (Å²) in [6.07, 6.45) is 6.18. The van der Waals surface area contributed by atoms with E-state index in [1.165, 1.54) is 4.88 Å². The smallest absolute Gasteiger partial charge is 0.171 e. The molecule has 6 heteroatoms. The highest BCUT2D eigenvalue weighted by Crippen LogP contribution is 2.36. The van der Waals surface area contributed by atoms with Gasteiger partial charge in [-0.2, -0.15) is 10.2 Å². The van der Waals surface area contributed by atoms with E-state index >= 15 is 0 Å². The Hall–Kier alpha value is -2.34. The molecule has 0 bridgehead atoms. The Balaban J connectivity index is 1.66. The van der Waals surface area contributed by atoms with Gasteiger partial charge in [0, 0.05) is 33.6 Å². The molecule has 0 radical (unpaired) electrons. The zero-order chi connectivity index (χ0) is 18.5. The lowest BCUT2D eigenvalue weighted by Gasteiger charge is -2.22. The number of hydrogen-bond donors (Lipinski definition) is 0. The van der Waals surface area contributed by atoms with Crippen LogP contribution >= 0.6 is 11.3 Å². The third-order valence-electron chi connectivity index (χ3n) is 4.56. The summed E-state index contributed by atoms with van der Waals surface area (Å²) in [5.74, 6) is 1.76. The highest BCUT2D eigenvalue weighted by molar-refractivity contribution is 7.19. The van der Waals surface area contributed by atoms with Crippen molar-refractivity contribution in [2.45, 2.75) is 51.9 Å². The lowest BCUT2D eigenvalue weighted by atomic mass is 9.87. The van der Waals surface area contributed by atoms with E-state index in [1.54, 1.807) is 17.5 Å². The van der Waals surface area contributed by atoms with Crippen LogP contribution in [-0.2, 0) is 17.3 Å². The fraction of sp³-hybridized carbons (Fsp3) is 0.400. The van der Waals surface area contributed by atoms with E-state index < -0.39 is 0 Å². The van der Waals surface area contributed by atoms with Crippen LogP contribution in [0.3, 0.4) is 0 Å². The predicted molar refractivity (Wildman–Crippen MR) is 105 cm³/mol. The summed E-state index contributed by atoms with van der Waals surface area (Å²) in [4.78, 5) is 10.6. The van der Waals surface area contributed by atoms with Crippen molar-refractivity contribution in [2.24, 2.45) is 0 Å². The lowest BCUT2D eigenvalue weighted by Crippen LogP contribution is -2.20. The van der Waals surface area contributed by atoms with Gasteiger partial charge in [0.25, 0.3) is 0 Å². The second kappa shape index (κ2) is 5.84.